The lowest BCUT2D eigenvalue weighted by molar-refractivity contribution is -0.141. The van der Waals surface area contributed by atoms with Crippen LogP contribution in [0.3, 0.4) is 0 Å². The van der Waals surface area contributed by atoms with Gasteiger partial charge in [0.1, 0.15) is 0 Å². The van der Waals surface area contributed by atoms with Crippen LogP contribution < -0.4 is 5.73 Å². The maximum absolute atomic E-state index is 10.6. The molecule has 0 aromatic heterocycles. The third kappa shape index (κ3) is 13.8. The van der Waals surface area contributed by atoms with Gasteiger partial charge in [0.25, 0.3) is 0 Å². The van der Waals surface area contributed by atoms with E-state index in [-0.39, 0.29) is 12.0 Å². The highest BCUT2D eigenvalue weighted by Crippen LogP contribution is 2.13. The van der Waals surface area contributed by atoms with Crippen molar-refractivity contribution in [1.29, 1.82) is 0 Å². The minimum Gasteiger partial charge on any atom is -0.481 e. The molecule has 1 aliphatic rings. The molecule has 1 heterocycles. The number of rotatable bonds is 6. The van der Waals surface area contributed by atoms with E-state index in [9.17, 15) is 4.79 Å². The van der Waals surface area contributed by atoms with Gasteiger partial charge < -0.3 is 10.8 Å². The van der Waals surface area contributed by atoms with Crippen molar-refractivity contribution in [3.63, 3.8) is 0 Å². The number of nitrogens with two attached hydrogens (primary N) is 1. The predicted molar refractivity (Wildman–Crippen MR) is 101 cm³/mol. The highest BCUT2D eigenvalue weighted by atomic mass is 16.4. The van der Waals surface area contributed by atoms with Crippen LogP contribution in [0.5, 0.6) is 0 Å². The average Bonchev–Trinajstić information content (AvgIpc) is 2.78. The summed E-state index contributed by atoms with van der Waals surface area (Å²) in [4.78, 5) is 15.1. The van der Waals surface area contributed by atoms with Gasteiger partial charge in [-0.3, -0.25) is 9.79 Å². The molecule has 0 fully saturated rings. The standard InChI is InChI=1S/C15H24N2O2.2C2H6/c1-12(15(18)19)8-4-2-3-5-9-13-10-6-7-11-14(16)17-13;2*1-2/h2-3,5,9,12-13H,4,6-8,10-11H2,1H3,(H2,16,17)(H,18,19);2*1-2H3/b3-2?,9-5+;;. The number of carboxylic acids is 1. The molecule has 0 saturated carbocycles. The fourth-order valence-electron chi connectivity index (χ4n) is 1.98. The summed E-state index contributed by atoms with van der Waals surface area (Å²) in [7, 11) is 0. The largest absolute Gasteiger partial charge is 0.481 e. The topological polar surface area (TPSA) is 75.7 Å². The molecule has 0 aromatic rings. The Hall–Kier alpha value is -1.58. The summed E-state index contributed by atoms with van der Waals surface area (Å²) in [5, 5.41) is 8.74. The molecule has 1 rings (SSSR count). The van der Waals surface area contributed by atoms with E-state index in [4.69, 9.17) is 10.8 Å². The first kappa shape index (κ1) is 23.7. The second-order valence-electron chi connectivity index (χ2n) is 5.06. The van der Waals surface area contributed by atoms with E-state index < -0.39 is 5.97 Å². The fourth-order valence-corrected chi connectivity index (χ4v) is 1.98. The first-order valence-corrected chi connectivity index (χ1v) is 8.98. The monoisotopic (exact) mass is 324 g/mol. The summed E-state index contributed by atoms with van der Waals surface area (Å²) in [5.41, 5.74) is 5.78. The molecule has 2 unspecified atom stereocenters. The molecule has 4 heteroatoms. The Bertz CT molecular complexity index is 374. The Labute approximate surface area is 142 Å². The van der Waals surface area contributed by atoms with E-state index in [1.165, 1.54) is 6.42 Å². The Kier molecular flexibility index (Phi) is 17.3. The normalized spacial score (nSPS) is 19.0. The molecule has 0 radical (unpaired) electrons. The maximum atomic E-state index is 10.6. The highest BCUT2D eigenvalue weighted by molar-refractivity contribution is 5.80. The Morgan fingerprint density at radius 2 is 1.96 bits per heavy atom. The van der Waals surface area contributed by atoms with Gasteiger partial charge in [-0.1, -0.05) is 65.3 Å². The third-order valence-corrected chi connectivity index (χ3v) is 3.28. The summed E-state index contributed by atoms with van der Waals surface area (Å²) < 4.78 is 0. The number of hydrogen-bond acceptors (Lipinski definition) is 3. The summed E-state index contributed by atoms with van der Waals surface area (Å²) in [6, 6.07) is 0.199. The number of carboxylic acid groups (broad SMARTS) is 1. The molecular formula is C19H36N2O2. The SMILES string of the molecule is CC.CC.CC(CCC=C/C=C/C1CCCCC(N)=N1)C(=O)O. The molecule has 23 heavy (non-hydrogen) atoms. The van der Waals surface area contributed by atoms with Crippen LogP contribution in [-0.4, -0.2) is 23.0 Å². The summed E-state index contributed by atoms with van der Waals surface area (Å²) in [6.45, 7) is 9.73. The van der Waals surface area contributed by atoms with Crippen LogP contribution in [0, 0.1) is 5.92 Å². The first-order chi connectivity index (χ1) is 11.1. The van der Waals surface area contributed by atoms with Crippen LogP contribution in [0.4, 0.5) is 0 Å². The Morgan fingerprint density at radius 1 is 1.30 bits per heavy atom. The maximum Gasteiger partial charge on any atom is 0.306 e. The number of aliphatic carboxylic acids is 1. The van der Waals surface area contributed by atoms with Gasteiger partial charge >= 0.3 is 5.97 Å². The van der Waals surface area contributed by atoms with Gasteiger partial charge in [0.05, 0.1) is 17.8 Å². The van der Waals surface area contributed by atoms with E-state index in [1.807, 2.05) is 45.9 Å². The molecule has 0 aromatic carbocycles. The molecule has 0 bridgehead atoms. The molecular weight excluding hydrogens is 288 g/mol. The quantitative estimate of drug-likeness (QED) is 0.679. The lowest BCUT2D eigenvalue weighted by Gasteiger charge is -2.03. The molecule has 2 atom stereocenters. The van der Waals surface area contributed by atoms with E-state index >= 15 is 0 Å². The minimum atomic E-state index is -0.729. The Balaban J connectivity index is 0. The first-order valence-electron chi connectivity index (χ1n) is 8.98. The van der Waals surface area contributed by atoms with Crippen LogP contribution in [0.2, 0.25) is 0 Å². The number of aliphatic imine (C=N–C) groups is 1. The van der Waals surface area contributed by atoms with Crippen molar-refractivity contribution in [3.8, 4) is 0 Å². The second kappa shape index (κ2) is 16.8. The third-order valence-electron chi connectivity index (χ3n) is 3.28. The van der Waals surface area contributed by atoms with Crippen LogP contribution in [-0.2, 0) is 4.79 Å². The van der Waals surface area contributed by atoms with Crippen LogP contribution >= 0.6 is 0 Å². The van der Waals surface area contributed by atoms with E-state index in [0.717, 1.165) is 31.5 Å². The van der Waals surface area contributed by atoms with Crippen molar-refractivity contribution < 1.29 is 9.90 Å². The van der Waals surface area contributed by atoms with Crippen molar-refractivity contribution in [3.05, 3.63) is 24.3 Å². The number of carbonyl (C=O) groups is 1. The second-order valence-corrected chi connectivity index (χ2v) is 5.06. The zero-order valence-electron chi connectivity index (χ0n) is 15.6. The predicted octanol–water partition coefficient (Wildman–Crippen LogP) is 4.95. The van der Waals surface area contributed by atoms with E-state index in [0.29, 0.717) is 6.42 Å². The lowest BCUT2D eigenvalue weighted by atomic mass is 10.1. The summed E-state index contributed by atoms with van der Waals surface area (Å²) in [6.07, 6.45) is 13.7. The molecule has 0 aliphatic carbocycles. The van der Waals surface area contributed by atoms with Gasteiger partial charge in [0.2, 0.25) is 0 Å². The van der Waals surface area contributed by atoms with Crippen LogP contribution in [0.15, 0.2) is 29.3 Å². The summed E-state index contributed by atoms with van der Waals surface area (Å²) >= 11 is 0. The molecule has 4 nitrogen and oxygen atoms in total. The molecule has 1 aliphatic heterocycles. The van der Waals surface area contributed by atoms with Crippen molar-refractivity contribution in [2.24, 2.45) is 16.6 Å². The van der Waals surface area contributed by atoms with E-state index in [1.54, 1.807) is 6.92 Å². The van der Waals surface area contributed by atoms with Crippen molar-refractivity contribution in [2.75, 3.05) is 0 Å². The minimum absolute atomic E-state index is 0.199. The number of allylic oxidation sites excluding steroid dienone is 3. The molecule has 0 amide bonds. The van der Waals surface area contributed by atoms with Gasteiger partial charge in [0.15, 0.2) is 0 Å². The zero-order chi connectivity index (χ0) is 18.1. The molecule has 3 N–H and O–H groups in total. The van der Waals surface area contributed by atoms with Gasteiger partial charge in [0, 0.05) is 6.42 Å². The van der Waals surface area contributed by atoms with E-state index in [2.05, 4.69) is 11.1 Å². The van der Waals surface area contributed by atoms with Gasteiger partial charge in [-0.05, 0) is 25.7 Å². The van der Waals surface area contributed by atoms with Crippen LogP contribution in [0.25, 0.3) is 0 Å². The molecule has 0 saturated heterocycles. The van der Waals surface area contributed by atoms with Crippen molar-refractivity contribution >= 4 is 11.8 Å². The highest BCUT2D eigenvalue weighted by Gasteiger charge is 2.09. The Morgan fingerprint density at radius 3 is 2.57 bits per heavy atom. The van der Waals surface area contributed by atoms with Crippen molar-refractivity contribution in [2.45, 2.75) is 79.2 Å². The fraction of sp³-hybridized carbons (Fsp3) is 0.684. The van der Waals surface area contributed by atoms with Gasteiger partial charge in [-0.15, -0.1) is 0 Å². The number of hydrogen-bond donors (Lipinski definition) is 2. The summed E-state index contributed by atoms with van der Waals surface area (Å²) in [5.74, 6) is -0.251. The van der Waals surface area contributed by atoms with Crippen molar-refractivity contribution in [1.82, 2.24) is 0 Å². The molecule has 0 spiro atoms. The average molecular weight is 325 g/mol. The van der Waals surface area contributed by atoms with Gasteiger partial charge in [-0.25, -0.2) is 0 Å². The smallest absolute Gasteiger partial charge is 0.306 e. The molecule has 134 valence electrons. The van der Waals surface area contributed by atoms with Gasteiger partial charge in [-0.2, -0.15) is 0 Å². The van der Waals surface area contributed by atoms with Crippen LogP contribution in [0.1, 0.15) is 73.1 Å². The number of nitrogens with zero attached hydrogens (tertiary/aromatic N) is 1. The zero-order valence-corrected chi connectivity index (χ0v) is 15.6. The lowest BCUT2D eigenvalue weighted by Crippen LogP contribution is -2.12. The number of amidine groups is 1.